The number of carbonyl (C=O) groups excluding carboxylic acids is 1. The molecular weight excluding hydrogens is 208 g/mol. The van der Waals surface area contributed by atoms with Gasteiger partial charge in [0, 0.05) is 32.3 Å². The minimum Gasteiger partial charge on any atom is -0.503 e. The molecule has 5 heteroatoms. The lowest BCUT2D eigenvalue weighted by Gasteiger charge is -2.10. The van der Waals surface area contributed by atoms with Gasteiger partial charge < -0.3 is 15.0 Å². The van der Waals surface area contributed by atoms with E-state index < -0.39 is 0 Å². The first kappa shape index (κ1) is 12.3. The zero-order valence-corrected chi connectivity index (χ0v) is 9.49. The summed E-state index contributed by atoms with van der Waals surface area (Å²) >= 11 is 0. The summed E-state index contributed by atoms with van der Waals surface area (Å²) in [6.07, 6.45) is 2.73. The predicted molar refractivity (Wildman–Crippen MR) is 60.4 cm³/mol. The van der Waals surface area contributed by atoms with E-state index in [0.29, 0.717) is 25.1 Å². The summed E-state index contributed by atoms with van der Waals surface area (Å²) < 4.78 is 1.76. The number of aryl methyl sites for hydroxylation is 1. The van der Waals surface area contributed by atoms with Crippen LogP contribution in [0.5, 0.6) is 5.75 Å². The molecule has 1 aromatic heterocycles. The molecule has 88 valence electrons. The van der Waals surface area contributed by atoms with Gasteiger partial charge in [0.15, 0.2) is 5.75 Å². The van der Waals surface area contributed by atoms with E-state index in [1.807, 2.05) is 0 Å². The summed E-state index contributed by atoms with van der Waals surface area (Å²) in [5, 5.41) is 12.0. The minimum absolute atomic E-state index is 0.0112. The summed E-state index contributed by atoms with van der Waals surface area (Å²) in [7, 11) is 1.60. The Bertz CT molecular complexity index is 437. The summed E-state index contributed by atoms with van der Waals surface area (Å²) in [5.74, 6) is -0.231. The molecule has 0 saturated heterocycles. The van der Waals surface area contributed by atoms with E-state index >= 15 is 0 Å². The monoisotopic (exact) mass is 224 g/mol. The van der Waals surface area contributed by atoms with Crippen molar-refractivity contribution in [2.24, 2.45) is 0 Å². The standard InChI is InChI=1S/C11H16N2O3/c1-8-11(16)9(14)5-7-13(8)6-3-4-10(15)12-2/h5,7,16H,3-4,6H2,1-2H3,(H,12,15). The Balaban J connectivity index is 2.65. The molecule has 0 fully saturated rings. The maximum absolute atomic E-state index is 11.1. The second-order valence-electron chi connectivity index (χ2n) is 3.58. The number of carbonyl (C=O) groups is 1. The van der Waals surface area contributed by atoms with Crippen molar-refractivity contribution in [1.82, 2.24) is 9.88 Å². The SMILES string of the molecule is CNC(=O)CCCn1ccc(=O)c(O)c1C. The van der Waals surface area contributed by atoms with Crippen LogP contribution < -0.4 is 10.7 Å². The van der Waals surface area contributed by atoms with Crippen LogP contribution in [0.1, 0.15) is 18.5 Å². The smallest absolute Gasteiger partial charge is 0.223 e. The Morgan fingerprint density at radius 1 is 1.56 bits per heavy atom. The van der Waals surface area contributed by atoms with Crippen LogP contribution in [-0.4, -0.2) is 22.6 Å². The van der Waals surface area contributed by atoms with Crippen molar-refractivity contribution in [3.8, 4) is 5.75 Å². The van der Waals surface area contributed by atoms with Gasteiger partial charge in [-0.15, -0.1) is 0 Å². The van der Waals surface area contributed by atoms with Crippen LogP contribution in [-0.2, 0) is 11.3 Å². The van der Waals surface area contributed by atoms with Gasteiger partial charge in [-0.3, -0.25) is 9.59 Å². The number of aromatic nitrogens is 1. The van der Waals surface area contributed by atoms with Gasteiger partial charge in [0.05, 0.1) is 5.69 Å². The molecule has 0 radical (unpaired) electrons. The van der Waals surface area contributed by atoms with Crippen molar-refractivity contribution in [3.05, 3.63) is 28.2 Å². The largest absolute Gasteiger partial charge is 0.503 e. The van der Waals surface area contributed by atoms with Crippen molar-refractivity contribution < 1.29 is 9.90 Å². The Labute approximate surface area is 93.7 Å². The lowest BCUT2D eigenvalue weighted by atomic mass is 10.2. The Kier molecular flexibility index (Phi) is 4.10. The summed E-state index contributed by atoms with van der Waals surface area (Å²) in [6.45, 7) is 2.28. The lowest BCUT2D eigenvalue weighted by Crippen LogP contribution is -2.18. The summed E-state index contributed by atoms with van der Waals surface area (Å²) in [4.78, 5) is 22.1. The Morgan fingerprint density at radius 3 is 2.88 bits per heavy atom. The minimum atomic E-state index is -0.375. The van der Waals surface area contributed by atoms with Gasteiger partial charge >= 0.3 is 0 Å². The van der Waals surface area contributed by atoms with Crippen LogP contribution in [0.25, 0.3) is 0 Å². The number of nitrogens with one attached hydrogen (secondary N) is 1. The highest BCUT2D eigenvalue weighted by Crippen LogP contribution is 2.10. The number of amides is 1. The molecule has 1 rings (SSSR count). The second kappa shape index (κ2) is 5.34. The van der Waals surface area contributed by atoms with Crippen molar-refractivity contribution in [3.63, 3.8) is 0 Å². The molecule has 1 aromatic rings. The fourth-order valence-corrected chi connectivity index (χ4v) is 1.44. The Hall–Kier alpha value is -1.78. The number of aromatic hydroxyl groups is 1. The zero-order valence-electron chi connectivity index (χ0n) is 9.49. The van der Waals surface area contributed by atoms with Gasteiger partial charge in [0.25, 0.3) is 0 Å². The van der Waals surface area contributed by atoms with Gasteiger partial charge in [-0.2, -0.15) is 0 Å². The van der Waals surface area contributed by atoms with E-state index in [4.69, 9.17) is 0 Å². The van der Waals surface area contributed by atoms with Crippen molar-refractivity contribution in [1.29, 1.82) is 0 Å². The zero-order chi connectivity index (χ0) is 12.1. The van der Waals surface area contributed by atoms with Crippen LogP contribution in [0, 0.1) is 6.92 Å². The molecule has 0 aliphatic rings. The number of nitrogens with zero attached hydrogens (tertiary/aromatic N) is 1. The predicted octanol–water partition coefficient (Wildman–Crippen LogP) is 0.389. The fraction of sp³-hybridized carbons (Fsp3) is 0.455. The molecule has 0 saturated carbocycles. The van der Waals surface area contributed by atoms with Crippen molar-refractivity contribution in [2.45, 2.75) is 26.3 Å². The average Bonchev–Trinajstić information content (AvgIpc) is 2.29. The highest BCUT2D eigenvalue weighted by molar-refractivity contribution is 5.75. The average molecular weight is 224 g/mol. The van der Waals surface area contributed by atoms with E-state index in [1.165, 1.54) is 6.07 Å². The molecule has 0 spiro atoms. The molecule has 0 aromatic carbocycles. The van der Waals surface area contributed by atoms with E-state index in [1.54, 1.807) is 24.7 Å². The molecule has 1 amide bonds. The van der Waals surface area contributed by atoms with Crippen LogP contribution in [0.4, 0.5) is 0 Å². The molecule has 0 unspecified atom stereocenters. The quantitative estimate of drug-likeness (QED) is 0.777. The summed E-state index contributed by atoms with van der Waals surface area (Å²) in [5.41, 5.74) is 0.157. The normalized spacial score (nSPS) is 10.1. The third kappa shape index (κ3) is 2.85. The van der Waals surface area contributed by atoms with Crippen LogP contribution in [0.15, 0.2) is 17.1 Å². The molecule has 0 atom stereocenters. The third-order valence-electron chi connectivity index (χ3n) is 2.49. The molecule has 0 aliphatic carbocycles. The first-order valence-electron chi connectivity index (χ1n) is 5.16. The van der Waals surface area contributed by atoms with Gasteiger partial charge in [-0.1, -0.05) is 0 Å². The van der Waals surface area contributed by atoms with Crippen LogP contribution >= 0.6 is 0 Å². The Morgan fingerprint density at radius 2 is 2.25 bits per heavy atom. The second-order valence-corrected chi connectivity index (χ2v) is 3.58. The van der Waals surface area contributed by atoms with Gasteiger partial charge in [-0.25, -0.2) is 0 Å². The topological polar surface area (TPSA) is 71.3 Å². The molecule has 0 aliphatic heterocycles. The van der Waals surface area contributed by atoms with E-state index in [0.717, 1.165) is 0 Å². The van der Waals surface area contributed by atoms with Gasteiger partial charge in [-0.05, 0) is 13.3 Å². The summed E-state index contributed by atoms with van der Waals surface area (Å²) in [6, 6.07) is 1.32. The molecule has 2 N–H and O–H groups in total. The highest BCUT2D eigenvalue weighted by atomic mass is 16.3. The number of hydrogen-bond donors (Lipinski definition) is 2. The maximum Gasteiger partial charge on any atom is 0.223 e. The first-order valence-corrected chi connectivity index (χ1v) is 5.16. The van der Waals surface area contributed by atoms with Crippen LogP contribution in [0.2, 0.25) is 0 Å². The lowest BCUT2D eigenvalue weighted by molar-refractivity contribution is -0.120. The first-order chi connectivity index (χ1) is 7.56. The van der Waals surface area contributed by atoms with E-state index in [2.05, 4.69) is 5.32 Å². The molecule has 0 bridgehead atoms. The van der Waals surface area contributed by atoms with E-state index in [-0.39, 0.29) is 17.1 Å². The van der Waals surface area contributed by atoms with Gasteiger partial charge in [0.2, 0.25) is 11.3 Å². The fourth-order valence-electron chi connectivity index (χ4n) is 1.44. The number of pyridine rings is 1. The van der Waals surface area contributed by atoms with Crippen molar-refractivity contribution in [2.75, 3.05) is 7.05 Å². The molecular formula is C11H16N2O3. The highest BCUT2D eigenvalue weighted by Gasteiger charge is 2.05. The number of rotatable bonds is 4. The van der Waals surface area contributed by atoms with E-state index in [9.17, 15) is 14.7 Å². The maximum atomic E-state index is 11.1. The van der Waals surface area contributed by atoms with Gasteiger partial charge in [0.1, 0.15) is 0 Å². The third-order valence-corrected chi connectivity index (χ3v) is 2.49. The van der Waals surface area contributed by atoms with Crippen LogP contribution in [0.3, 0.4) is 0 Å². The molecule has 5 nitrogen and oxygen atoms in total. The molecule has 16 heavy (non-hydrogen) atoms. The number of hydrogen-bond acceptors (Lipinski definition) is 3. The van der Waals surface area contributed by atoms with Crippen molar-refractivity contribution >= 4 is 5.91 Å². The molecule has 1 heterocycles.